The van der Waals surface area contributed by atoms with Crippen LogP contribution in [0.3, 0.4) is 0 Å². The summed E-state index contributed by atoms with van der Waals surface area (Å²) in [4.78, 5) is 34.3. The number of aromatic nitrogens is 1. The van der Waals surface area contributed by atoms with Gasteiger partial charge in [0.05, 0.1) is 23.7 Å². The third kappa shape index (κ3) is 4.34. The number of halogens is 2. The van der Waals surface area contributed by atoms with E-state index in [1.807, 2.05) is 13.0 Å². The Labute approximate surface area is 237 Å². The van der Waals surface area contributed by atoms with Gasteiger partial charge in [-0.1, -0.05) is 32.9 Å². The van der Waals surface area contributed by atoms with Crippen LogP contribution in [0.1, 0.15) is 52.9 Å². The predicted octanol–water partition coefficient (Wildman–Crippen LogP) is 5.33. The number of rotatable bonds is 5. The molecular formula is C30H35F2N3O4S. The van der Waals surface area contributed by atoms with E-state index in [0.29, 0.717) is 42.4 Å². The van der Waals surface area contributed by atoms with Crippen LogP contribution in [0.5, 0.6) is 0 Å². The molecule has 1 heterocycles. The van der Waals surface area contributed by atoms with Crippen molar-refractivity contribution in [3.8, 4) is 0 Å². The van der Waals surface area contributed by atoms with Crippen LogP contribution >= 0.6 is 11.8 Å². The van der Waals surface area contributed by atoms with Crippen LogP contribution in [0.25, 0.3) is 0 Å². The summed E-state index contributed by atoms with van der Waals surface area (Å²) in [6.45, 7) is 5.70. The van der Waals surface area contributed by atoms with Crippen molar-refractivity contribution in [3.05, 3.63) is 59.9 Å². The van der Waals surface area contributed by atoms with Crippen molar-refractivity contribution in [2.45, 2.75) is 64.6 Å². The molecule has 2 saturated carbocycles. The third-order valence-corrected chi connectivity index (χ3v) is 10.5. The fourth-order valence-electron chi connectivity index (χ4n) is 7.92. The lowest BCUT2D eigenvalue weighted by Crippen LogP contribution is -2.61. The van der Waals surface area contributed by atoms with Gasteiger partial charge in [0, 0.05) is 23.2 Å². The fraction of sp³-hybridized carbons (Fsp3) is 0.533. The van der Waals surface area contributed by atoms with Gasteiger partial charge in [0.2, 0.25) is 11.1 Å². The van der Waals surface area contributed by atoms with E-state index in [-0.39, 0.29) is 30.6 Å². The topological polar surface area (TPSA) is 115 Å². The Balaban J connectivity index is 1.56. The van der Waals surface area contributed by atoms with Crippen LogP contribution in [-0.2, 0) is 14.3 Å². The van der Waals surface area contributed by atoms with Crippen LogP contribution in [0.15, 0.2) is 58.9 Å². The SMILES string of the molecule is CCC(=O)O[C@]1(C(=O)SCF)CCC2[C@@H]3C=CC4=CC(=Nc5ccc(F)nc5)C(=CN)C[C@]4(C)C3C(O)C[C@@]21C. The number of aliphatic hydroxyl groups is 1. The van der Waals surface area contributed by atoms with Crippen LogP contribution in [0, 0.1) is 34.5 Å². The normalized spacial score (nSPS) is 38.4. The molecule has 0 spiro atoms. The molecule has 0 aromatic carbocycles. The van der Waals surface area contributed by atoms with Crippen molar-refractivity contribution in [2.75, 3.05) is 6.01 Å². The molecule has 0 radical (unpaired) electrons. The van der Waals surface area contributed by atoms with E-state index in [2.05, 4.69) is 29.1 Å². The van der Waals surface area contributed by atoms with Gasteiger partial charge in [-0.15, -0.1) is 0 Å². The maximum atomic E-state index is 13.4. The molecule has 1 aromatic heterocycles. The lowest BCUT2D eigenvalue weighted by atomic mass is 9.47. The number of pyridine rings is 1. The predicted molar refractivity (Wildman–Crippen MR) is 150 cm³/mol. The van der Waals surface area contributed by atoms with Gasteiger partial charge in [-0.3, -0.25) is 9.59 Å². The van der Waals surface area contributed by atoms with E-state index < -0.39 is 45.6 Å². The van der Waals surface area contributed by atoms with E-state index in [0.717, 1.165) is 11.1 Å². The fourth-order valence-corrected chi connectivity index (χ4v) is 8.63. The number of ether oxygens (including phenoxy) is 1. The van der Waals surface area contributed by atoms with Gasteiger partial charge in [-0.25, -0.2) is 14.4 Å². The van der Waals surface area contributed by atoms with Gasteiger partial charge < -0.3 is 15.6 Å². The first-order valence-corrected chi connectivity index (χ1v) is 14.7. The molecule has 0 bridgehead atoms. The quantitative estimate of drug-likeness (QED) is 0.362. The van der Waals surface area contributed by atoms with Gasteiger partial charge in [0.15, 0.2) is 5.60 Å². The molecule has 5 rings (SSSR count). The number of fused-ring (bicyclic) bond motifs is 5. The highest BCUT2D eigenvalue weighted by Gasteiger charge is 2.70. The number of aliphatic imine (C=N–C) groups is 1. The van der Waals surface area contributed by atoms with E-state index >= 15 is 0 Å². The molecule has 1 aromatic rings. The van der Waals surface area contributed by atoms with Crippen molar-refractivity contribution in [2.24, 2.45) is 39.3 Å². The molecule has 10 heteroatoms. The smallest absolute Gasteiger partial charge is 0.306 e. The Morgan fingerprint density at radius 3 is 2.77 bits per heavy atom. The molecule has 0 saturated heterocycles. The highest BCUT2D eigenvalue weighted by molar-refractivity contribution is 8.13. The number of hydrogen-bond acceptors (Lipinski definition) is 8. The molecular weight excluding hydrogens is 536 g/mol. The monoisotopic (exact) mass is 571 g/mol. The summed E-state index contributed by atoms with van der Waals surface area (Å²) < 4.78 is 32.6. The Hall–Kier alpha value is -2.85. The van der Waals surface area contributed by atoms with Gasteiger partial charge in [-0.05, 0) is 84.8 Å². The molecule has 7 nitrogen and oxygen atoms in total. The summed E-state index contributed by atoms with van der Waals surface area (Å²) in [5.41, 5.74) is 6.21. The maximum Gasteiger partial charge on any atom is 0.306 e. The Morgan fingerprint density at radius 2 is 2.12 bits per heavy atom. The number of hydrogen-bond donors (Lipinski definition) is 2. The summed E-state index contributed by atoms with van der Waals surface area (Å²) in [6, 6.07) is 1.90. The van der Waals surface area contributed by atoms with Crippen molar-refractivity contribution < 1.29 is 28.2 Å². The largest absolute Gasteiger partial charge is 0.449 e. The zero-order valence-electron chi connectivity index (χ0n) is 22.9. The Morgan fingerprint density at radius 1 is 1.35 bits per heavy atom. The molecule has 214 valence electrons. The zero-order chi connectivity index (χ0) is 28.9. The summed E-state index contributed by atoms with van der Waals surface area (Å²) in [5.74, 6) is -1.43. The number of nitrogens with two attached hydrogens (primary N) is 1. The molecule has 40 heavy (non-hydrogen) atoms. The average molecular weight is 572 g/mol. The molecule has 7 atom stereocenters. The highest BCUT2D eigenvalue weighted by Crippen LogP contribution is 2.68. The number of carbonyl (C=O) groups excluding carboxylic acids is 2. The standard InChI is InChI=1S/C30H35F2N3O4S/c1-4-25(37)39-30(27(38)40-16-31)10-9-21-20-7-5-18-11-22(35-19-6-8-24(32)34-15-19)17(14-33)12-28(18,2)26(20)23(36)13-29(21,30)3/h5-8,11,14-15,20-21,23,26,36H,4,9-10,12-13,16,33H2,1-3H3/t20-,21?,23?,26?,28-,29-,30-/m0/s1. The second kappa shape index (κ2) is 10.5. The summed E-state index contributed by atoms with van der Waals surface area (Å²) >= 11 is 0.536. The van der Waals surface area contributed by atoms with Gasteiger partial charge in [0.25, 0.3) is 0 Å². The summed E-state index contributed by atoms with van der Waals surface area (Å²) in [5, 5.41) is 11.3. The van der Waals surface area contributed by atoms with Crippen LogP contribution in [-0.4, -0.2) is 44.6 Å². The van der Waals surface area contributed by atoms with Crippen LogP contribution in [0.4, 0.5) is 14.5 Å². The third-order valence-electron chi connectivity index (χ3n) is 9.80. The minimum absolute atomic E-state index is 0.0602. The Kier molecular flexibility index (Phi) is 7.54. The number of allylic oxidation sites excluding steroid dienone is 5. The number of thioether (sulfide) groups is 1. The highest BCUT2D eigenvalue weighted by atomic mass is 32.2. The second-order valence-corrected chi connectivity index (χ2v) is 12.6. The van der Waals surface area contributed by atoms with E-state index in [1.54, 1.807) is 13.0 Å². The lowest BCUT2D eigenvalue weighted by molar-refractivity contribution is -0.191. The average Bonchev–Trinajstić information content (AvgIpc) is 3.21. The lowest BCUT2D eigenvalue weighted by Gasteiger charge is -2.59. The first-order valence-electron chi connectivity index (χ1n) is 13.7. The summed E-state index contributed by atoms with van der Waals surface area (Å²) in [7, 11) is 0. The number of aliphatic hydroxyl groups excluding tert-OH is 1. The molecule has 0 amide bonds. The number of esters is 1. The first kappa shape index (κ1) is 28.7. The molecule has 3 unspecified atom stereocenters. The Bertz CT molecular complexity index is 1330. The van der Waals surface area contributed by atoms with Crippen LogP contribution in [0.2, 0.25) is 0 Å². The van der Waals surface area contributed by atoms with E-state index in [9.17, 15) is 23.5 Å². The number of nitrogens with zero attached hydrogens (tertiary/aromatic N) is 2. The number of carbonyl (C=O) groups is 2. The van der Waals surface area contributed by atoms with Gasteiger partial charge in [-0.2, -0.15) is 4.39 Å². The van der Waals surface area contributed by atoms with Crippen molar-refractivity contribution in [1.29, 1.82) is 0 Å². The zero-order valence-corrected chi connectivity index (χ0v) is 23.7. The molecule has 3 N–H and O–H groups in total. The molecule has 4 aliphatic carbocycles. The molecule has 0 aliphatic heterocycles. The van der Waals surface area contributed by atoms with Crippen LogP contribution < -0.4 is 5.73 Å². The van der Waals surface area contributed by atoms with Crippen molar-refractivity contribution in [1.82, 2.24) is 4.98 Å². The minimum Gasteiger partial charge on any atom is -0.449 e. The second-order valence-electron chi connectivity index (χ2n) is 11.7. The van der Waals surface area contributed by atoms with Gasteiger partial charge >= 0.3 is 5.97 Å². The number of alkyl halides is 1. The van der Waals surface area contributed by atoms with Gasteiger partial charge in [0.1, 0.15) is 6.01 Å². The first-order chi connectivity index (χ1) is 19.0. The van der Waals surface area contributed by atoms with Crippen molar-refractivity contribution >= 4 is 34.2 Å². The molecule has 2 fully saturated rings. The van der Waals surface area contributed by atoms with E-state index in [4.69, 9.17) is 10.5 Å². The molecule has 4 aliphatic rings. The maximum absolute atomic E-state index is 13.4. The van der Waals surface area contributed by atoms with Crippen molar-refractivity contribution in [3.63, 3.8) is 0 Å². The van der Waals surface area contributed by atoms with E-state index in [1.165, 1.54) is 18.5 Å². The summed E-state index contributed by atoms with van der Waals surface area (Å²) in [6.07, 6.45) is 9.98. The minimum atomic E-state index is -1.49.